The molecule has 5 heteroatoms. The number of ether oxygens (including phenoxy) is 1. The molecule has 1 amide bonds. The van der Waals surface area contributed by atoms with E-state index in [1.54, 1.807) is 0 Å². The fraction of sp³-hybridized carbons (Fsp3) is 0.762. The van der Waals surface area contributed by atoms with Crippen LogP contribution in [0.5, 0.6) is 0 Å². The lowest BCUT2D eigenvalue weighted by atomic mass is 9.66. The SMILES string of the molecule is CN(C)C1(c2cccs2)CCC2(CCN(C(=O)CC3CCOC3)C2)CC1. The number of carbonyl (C=O) groups is 1. The zero-order valence-electron chi connectivity index (χ0n) is 16.2. The second-order valence-electron chi connectivity index (χ2n) is 8.90. The van der Waals surface area contributed by atoms with Crippen LogP contribution in [0, 0.1) is 11.3 Å². The van der Waals surface area contributed by atoms with Gasteiger partial charge in [-0.15, -0.1) is 11.3 Å². The molecule has 1 aromatic rings. The van der Waals surface area contributed by atoms with Crippen molar-refractivity contribution in [2.45, 2.75) is 50.5 Å². The molecule has 4 rings (SSSR count). The largest absolute Gasteiger partial charge is 0.381 e. The Kier molecular flexibility index (Phi) is 5.15. The summed E-state index contributed by atoms with van der Waals surface area (Å²) in [6, 6.07) is 4.48. The number of amides is 1. The second kappa shape index (κ2) is 7.25. The molecule has 4 nitrogen and oxygen atoms in total. The molecule has 1 aromatic heterocycles. The van der Waals surface area contributed by atoms with Crippen LogP contribution in [0.1, 0.15) is 49.8 Å². The van der Waals surface area contributed by atoms with E-state index in [0.717, 1.165) is 32.7 Å². The molecule has 1 atom stereocenters. The molecule has 1 unspecified atom stereocenters. The van der Waals surface area contributed by atoms with Gasteiger partial charge in [-0.3, -0.25) is 9.69 Å². The number of likely N-dealkylation sites (tertiary alicyclic amines) is 1. The minimum atomic E-state index is 0.192. The first kappa shape index (κ1) is 18.5. The molecule has 0 bridgehead atoms. The zero-order valence-corrected chi connectivity index (χ0v) is 17.0. The lowest BCUT2D eigenvalue weighted by Gasteiger charge is -2.48. The van der Waals surface area contributed by atoms with Gasteiger partial charge >= 0.3 is 0 Å². The summed E-state index contributed by atoms with van der Waals surface area (Å²) >= 11 is 1.89. The maximum absolute atomic E-state index is 12.7. The van der Waals surface area contributed by atoms with Crippen molar-refractivity contribution >= 4 is 17.2 Å². The molecule has 144 valence electrons. The smallest absolute Gasteiger partial charge is 0.222 e. The maximum Gasteiger partial charge on any atom is 0.222 e. The summed E-state index contributed by atoms with van der Waals surface area (Å²) in [5.41, 5.74) is 0.552. The summed E-state index contributed by atoms with van der Waals surface area (Å²) in [6.07, 6.45) is 7.81. The van der Waals surface area contributed by atoms with Gasteiger partial charge in [0.1, 0.15) is 0 Å². The maximum atomic E-state index is 12.7. The fourth-order valence-corrected chi connectivity index (χ4v) is 6.39. The van der Waals surface area contributed by atoms with Gasteiger partial charge in [-0.25, -0.2) is 0 Å². The Balaban J connectivity index is 1.38. The number of hydrogen-bond donors (Lipinski definition) is 0. The third-order valence-electron chi connectivity index (χ3n) is 7.25. The minimum Gasteiger partial charge on any atom is -0.381 e. The van der Waals surface area contributed by atoms with E-state index in [2.05, 4.69) is 41.4 Å². The molecule has 1 spiro atoms. The fourth-order valence-electron chi connectivity index (χ4n) is 5.33. The van der Waals surface area contributed by atoms with Crippen molar-refractivity contribution in [3.8, 4) is 0 Å². The lowest BCUT2D eigenvalue weighted by Crippen LogP contribution is -2.47. The van der Waals surface area contributed by atoms with Gasteiger partial charge in [0.25, 0.3) is 0 Å². The topological polar surface area (TPSA) is 32.8 Å². The molecule has 3 fully saturated rings. The van der Waals surface area contributed by atoms with Gasteiger partial charge < -0.3 is 9.64 Å². The predicted octanol–water partition coefficient (Wildman–Crippen LogP) is 3.72. The average Bonchev–Trinajstić information content (AvgIpc) is 3.38. The van der Waals surface area contributed by atoms with Gasteiger partial charge in [0.15, 0.2) is 0 Å². The van der Waals surface area contributed by atoms with Crippen molar-refractivity contribution in [3.63, 3.8) is 0 Å². The van der Waals surface area contributed by atoms with Crippen LogP contribution in [0.15, 0.2) is 17.5 Å². The van der Waals surface area contributed by atoms with E-state index in [1.165, 1.54) is 37.0 Å². The van der Waals surface area contributed by atoms with Crippen molar-refractivity contribution in [1.82, 2.24) is 9.80 Å². The van der Waals surface area contributed by atoms with Crippen LogP contribution in [0.25, 0.3) is 0 Å². The normalized spacial score (nSPS) is 34.9. The molecular formula is C21H32N2O2S. The number of carbonyl (C=O) groups excluding carboxylic acids is 1. The molecule has 2 aliphatic heterocycles. The Hall–Kier alpha value is -0.910. The van der Waals surface area contributed by atoms with Crippen LogP contribution in [0.3, 0.4) is 0 Å². The predicted molar refractivity (Wildman–Crippen MR) is 105 cm³/mol. The number of hydrogen-bond acceptors (Lipinski definition) is 4. The molecule has 0 aromatic carbocycles. The van der Waals surface area contributed by atoms with Crippen LogP contribution in [0.2, 0.25) is 0 Å². The van der Waals surface area contributed by atoms with Gasteiger partial charge in [-0.1, -0.05) is 6.07 Å². The first-order valence-corrected chi connectivity index (χ1v) is 11.0. The average molecular weight is 377 g/mol. The molecular weight excluding hydrogens is 344 g/mol. The Bertz CT molecular complexity index is 614. The Labute approximate surface area is 161 Å². The number of nitrogens with zero attached hydrogens (tertiary/aromatic N) is 2. The Morgan fingerprint density at radius 2 is 2.12 bits per heavy atom. The highest BCUT2D eigenvalue weighted by Gasteiger charge is 2.48. The van der Waals surface area contributed by atoms with Crippen molar-refractivity contribution in [2.24, 2.45) is 11.3 Å². The molecule has 3 heterocycles. The van der Waals surface area contributed by atoms with Gasteiger partial charge in [0.2, 0.25) is 5.91 Å². The van der Waals surface area contributed by atoms with Gasteiger partial charge in [0, 0.05) is 37.6 Å². The van der Waals surface area contributed by atoms with Crippen LogP contribution >= 0.6 is 11.3 Å². The molecule has 1 aliphatic carbocycles. The summed E-state index contributed by atoms with van der Waals surface area (Å²) in [7, 11) is 4.46. The van der Waals surface area contributed by atoms with E-state index in [9.17, 15) is 4.79 Å². The second-order valence-corrected chi connectivity index (χ2v) is 9.85. The van der Waals surface area contributed by atoms with Crippen LogP contribution in [-0.4, -0.2) is 56.1 Å². The van der Waals surface area contributed by atoms with Crippen molar-refractivity contribution in [3.05, 3.63) is 22.4 Å². The first-order chi connectivity index (χ1) is 12.5. The highest BCUT2D eigenvalue weighted by atomic mass is 32.1. The summed E-state index contributed by atoms with van der Waals surface area (Å²) in [5.74, 6) is 0.811. The number of rotatable bonds is 4. The molecule has 0 radical (unpaired) electrons. The first-order valence-electron chi connectivity index (χ1n) is 10.1. The van der Waals surface area contributed by atoms with Gasteiger partial charge in [-0.05, 0) is 75.4 Å². The molecule has 2 saturated heterocycles. The van der Waals surface area contributed by atoms with Crippen molar-refractivity contribution < 1.29 is 9.53 Å². The Morgan fingerprint density at radius 1 is 1.31 bits per heavy atom. The molecule has 1 saturated carbocycles. The molecule has 26 heavy (non-hydrogen) atoms. The van der Waals surface area contributed by atoms with Crippen molar-refractivity contribution in [2.75, 3.05) is 40.4 Å². The third-order valence-corrected chi connectivity index (χ3v) is 8.32. The summed E-state index contributed by atoms with van der Waals surface area (Å²) < 4.78 is 5.44. The quantitative estimate of drug-likeness (QED) is 0.803. The standard InChI is InChI=1S/C21H32N2O2S/c1-22(2)21(18-4-3-13-26-18)8-6-20(7-9-21)10-11-23(16-20)19(24)14-17-5-12-25-15-17/h3-4,13,17H,5-12,14-16H2,1-2H3. The zero-order chi connectivity index (χ0) is 18.2. The molecule has 0 N–H and O–H groups in total. The Morgan fingerprint density at radius 3 is 2.73 bits per heavy atom. The summed E-state index contributed by atoms with van der Waals surface area (Å²) in [4.78, 5) is 18.8. The van der Waals surface area contributed by atoms with Gasteiger partial charge in [0.05, 0.1) is 5.54 Å². The van der Waals surface area contributed by atoms with Crippen LogP contribution in [-0.2, 0) is 15.1 Å². The lowest BCUT2D eigenvalue weighted by molar-refractivity contribution is -0.131. The number of thiophene rings is 1. The summed E-state index contributed by atoms with van der Waals surface area (Å²) in [5, 5.41) is 2.20. The highest BCUT2D eigenvalue weighted by Crippen LogP contribution is 2.52. The minimum absolute atomic E-state index is 0.192. The molecule has 3 aliphatic rings. The monoisotopic (exact) mass is 376 g/mol. The highest BCUT2D eigenvalue weighted by molar-refractivity contribution is 7.10. The third kappa shape index (κ3) is 3.34. The van der Waals surface area contributed by atoms with Crippen LogP contribution in [0.4, 0.5) is 0 Å². The van der Waals surface area contributed by atoms with Gasteiger partial charge in [-0.2, -0.15) is 0 Å². The van der Waals surface area contributed by atoms with Crippen molar-refractivity contribution in [1.29, 1.82) is 0 Å². The van der Waals surface area contributed by atoms with E-state index in [4.69, 9.17) is 4.74 Å². The van der Waals surface area contributed by atoms with E-state index in [1.807, 2.05) is 11.3 Å². The summed E-state index contributed by atoms with van der Waals surface area (Å²) in [6.45, 7) is 3.54. The van der Waals surface area contributed by atoms with E-state index >= 15 is 0 Å². The van der Waals surface area contributed by atoms with E-state index in [0.29, 0.717) is 23.7 Å². The van der Waals surface area contributed by atoms with E-state index in [-0.39, 0.29) is 5.54 Å². The van der Waals surface area contributed by atoms with Crippen LogP contribution < -0.4 is 0 Å². The van der Waals surface area contributed by atoms with E-state index < -0.39 is 0 Å².